The molecule has 2 N–H and O–H groups in total. The highest BCUT2D eigenvalue weighted by Crippen LogP contribution is 2.17. The molecule has 8 heteroatoms. The van der Waals surface area contributed by atoms with Gasteiger partial charge in [-0.3, -0.25) is 5.10 Å². The van der Waals surface area contributed by atoms with Crippen molar-refractivity contribution < 1.29 is 17.2 Å². The van der Waals surface area contributed by atoms with Crippen LogP contribution in [-0.2, 0) is 10.0 Å². The maximum absolute atomic E-state index is 13.0. The summed E-state index contributed by atoms with van der Waals surface area (Å²) in [6.07, 6.45) is 2.98. The Morgan fingerprint density at radius 2 is 1.89 bits per heavy atom. The van der Waals surface area contributed by atoms with Crippen LogP contribution in [0.3, 0.4) is 0 Å². The average molecular weight is 287 g/mol. The predicted octanol–water partition coefficient (Wildman–Crippen LogP) is 1.73. The van der Waals surface area contributed by atoms with Gasteiger partial charge in [-0.25, -0.2) is 21.9 Å². The van der Waals surface area contributed by atoms with Crippen LogP contribution in [0.1, 0.15) is 18.5 Å². The topological polar surface area (TPSA) is 74.8 Å². The number of aromatic amines is 1. The van der Waals surface area contributed by atoms with Gasteiger partial charge in [-0.15, -0.1) is 0 Å². The second-order valence-corrected chi connectivity index (χ2v) is 5.69. The summed E-state index contributed by atoms with van der Waals surface area (Å²) < 4.78 is 52.3. The lowest BCUT2D eigenvalue weighted by atomic mass is 10.2. The van der Waals surface area contributed by atoms with Gasteiger partial charge in [0, 0.05) is 23.9 Å². The summed E-state index contributed by atoms with van der Waals surface area (Å²) in [7, 11) is -4.00. The largest absolute Gasteiger partial charge is 0.285 e. The van der Waals surface area contributed by atoms with Gasteiger partial charge in [0.05, 0.1) is 11.1 Å². The average Bonchev–Trinajstić information content (AvgIpc) is 2.80. The number of rotatable bonds is 4. The van der Waals surface area contributed by atoms with Gasteiger partial charge in [-0.1, -0.05) is 0 Å². The Morgan fingerprint density at radius 3 is 2.42 bits per heavy atom. The molecule has 1 unspecified atom stereocenters. The van der Waals surface area contributed by atoms with E-state index in [0.29, 0.717) is 11.6 Å². The summed E-state index contributed by atoms with van der Waals surface area (Å²) in [6.45, 7) is 1.60. The van der Waals surface area contributed by atoms with Crippen molar-refractivity contribution in [2.24, 2.45) is 0 Å². The van der Waals surface area contributed by atoms with Crippen molar-refractivity contribution in [2.75, 3.05) is 0 Å². The zero-order valence-corrected chi connectivity index (χ0v) is 10.7. The minimum atomic E-state index is -4.00. The molecule has 19 heavy (non-hydrogen) atoms. The second kappa shape index (κ2) is 5.06. The van der Waals surface area contributed by atoms with Crippen LogP contribution >= 0.6 is 0 Å². The van der Waals surface area contributed by atoms with E-state index in [4.69, 9.17) is 0 Å². The van der Waals surface area contributed by atoms with Crippen LogP contribution in [0.25, 0.3) is 0 Å². The molecule has 1 aromatic carbocycles. The minimum Gasteiger partial charge on any atom is -0.285 e. The van der Waals surface area contributed by atoms with Crippen LogP contribution < -0.4 is 4.72 Å². The summed E-state index contributed by atoms with van der Waals surface area (Å²) in [5.41, 5.74) is 0.612. The molecule has 5 nitrogen and oxygen atoms in total. The molecule has 0 aliphatic heterocycles. The van der Waals surface area contributed by atoms with Gasteiger partial charge in [0.2, 0.25) is 10.0 Å². The second-order valence-electron chi connectivity index (χ2n) is 3.98. The highest BCUT2D eigenvalue weighted by atomic mass is 32.2. The molecule has 0 fully saturated rings. The van der Waals surface area contributed by atoms with E-state index < -0.39 is 32.6 Å². The van der Waals surface area contributed by atoms with Gasteiger partial charge in [0.1, 0.15) is 11.6 Å². The van der Waals surface area contributed by atoms with Gasteiger partial charge < -0.3 is 0 Å². The number of halogens is 2. The summed E-state index contributed by atoms with van der Waals surface area (Å²) in [6, 6.07) is 1.55. The number of benzene rings is 1. The van der Waals surface area contributed by atoms with E-state index in [1.54, 1.807) is 6.92 Å². The first-order valence-corrected chi connectivity index (χ1v) is 6.84. The zero-order valence-electron chi connectivity index (χ0n) is 9.89. The normalized spacial score (nSPS) is 13.4. The molecule has 0 saturated heterocycles. The number of nitrogens with zero attached hydrogens (tertiary/aromatic N) is 1. The van der Waals surface area contributed by atoms with E-state index in [2.05, 4.69) is 14.9 Å². The molecule has 2 rings (SSSR count). The molecule has 0 aliphatic carbocycles. The first-order chi connectivity index (χ1) is 8.88. The Hall–Kier alpha value is -1.80. The molecular weight excluding hydrogens is 276 g/mol. The molecule has 1 atom stereocenters. The van der Waals surface area contributed by atoms with Crippen molar-refractivity contribution in [2.45, 2.75) is 17.9 Å². The van der Waals surface area contributed by atoms with Crippen molar-refractivity contribution in [3.8, 4) is 0 Å². The molecule has 0 radical (unpaired) electrons. The van der Waals surface area contributed by atoms with E-state index in [1.807, 2.05) is 0 Å². The highest BCUT2D eigenvalue weighted by molar-refractivity contribution is 7.89. The van der Waals surface area contributed by atoms with Gasteiger partial charge in [0.25, 0.3) is 0 Å². The fourth-order valence-electron chi connectivity index (χ4n) is 1.55. The number of nitrogens with one attached hydrogen (secondary N) is 2. The van der Waals surface area contributed by atoms with Crippen LogP contribution in [-0.4, -0.2) is 18.6 Å². The standard InChI is InChI=1S/C11H11F2N3O2S/c1-7(8-5-14-15-6-8)16-19(17,18)11-3-9(12)2-10(13)4-11/h2-7,16H,1H3,(H,14,15). The molecule has 0 saturated carbocycles. The Labute approximate surface area is 108 Å². The van der Waals surface area contributed by atoms with Crippen LogP contribution in [0.5, 0.6) is 0 Å². The van der Waals surface area contributed by atoms with E-state index >= 15 is 0 Å². The SMILES string of the molecule is CC(NS(=O)(=O)c1cc(F)cc(F)c1)c1cn[nH]c1. The van der Waals surface area contributed by atoms with Crippen molar-refractivity contribution >= 4 is 10.0 Å². The molecule has 2 aromatic rings. The predicted molar refractivity (Wildman–Crippen MR) is 63.7 cm³/mol. The third-order valence-corrected chi connectivity index (χ3v) is 4.02. The Bertz CT molecular complexity index is 651. The maximum atomic E-state index is 13.0. The molecule has 0 spiro atoms. The van der Waals surface area contributed by atoms with E-state index in [0.717, 1.165) is 12.1 Å². The smallest absolute Gasteiger partial charge is 0.241 e. The van der Waals surface area contributed by atoms with Crippen LogP contribution in [0.4, 0.5) is 8.78 Å². The lowest BCUT2D eigenvalue weighted by Gasteiger charge is -2.12. The molecule has 0 amide bonds. The Kier molecular flexibility index (Phi) is 3.63. The molecule has 1 heterocycles. The van der Waals surface area contributed by atoms with Gasteiger partial charge in [-0.05, 0) is 19.1 Å². The van der Waals surface area contributed by atoms with Crippen LogP contribution in [0.2, 0.25) is 0 Å². The molecule has 1 aromatic heterocycles. The lowest BCUT2D eigenvalue weighted by Crippen LogP contribution is -2.26. The maximum Gasteiger partial charge on any atom is 0.241 e. The van der Waals surface area contributed by atoms with Crippen molar-refractivity contribution in [1.82, 2.24) is 14.9 Å². The number of sulfonamides is 1. The fourth-order valence-corrected chi connectivity index (χ4v) is 2.82. The number of hydrogen-bond donors (Lipinski definition) is 2. The fraction of sp³-hybridized carbons (Fsp3) is 0.182. The Balaban J connectivity index is 2.27. The molecule has 102 valence electrons. The number of H-pyrrole nitrogens is 1. The van der Waals surface area contributed by atoms with E-state index in [-0.39, 0.29) is 0 Å². The van der Waals surface area contributed by atoms with Gasteiger partial charge >= 0.3 is 0 Å². The van der Waals surface area contributed by atoms with Crippen molar-refractivity contribution in [3.63, 3.8) is 0 Å². The zero-order chi connectivity index (χ0) is 14.0. The Morgan fingerprint density at radius 1 is 1.26 bits per heavy atom. The van der Waals surface area contributed by atoms with Gasteiger partial charge in [0.15, 0.2) is 0 Å². The number of hydrogen-bond acceptors (Lipinski definition) is 3. The third-order valence-electron chi connectivity index (χ3n) is 2.50. The molecule has 0 aliphatic rings. The first-order valence-electron chi connectivity index (χ1n) is 5.35. The highest BCUT2D eigenvalue weighted by Gasteiger charge is 2.20. The minimum absolute atomic E-state index is 0.458. The van der Waals surface area contributed by atoms with E-state index in [9.17, 15) is 17.2 Å². The van der Waals surface area contributed by atoms with Gasteiger partial charge in [-0.2, -0.15) is 5.10 Å². The van der Waals surface area contributed by atoms with E-state index in [1.165, 1.54) is 12.4 Å². The monoisotopic (exact) mass is 287 g/mol. The molecule has 0 bridgehead atoms. The van der Waals surface area contributed by atoms with Crippen LogP contribution in [0.15, 0.2) is 35.5 Å². The quantitative estimate of drug-likeness (QED) is 0.899. The van der Waals surface area contributed by atoms with Crippen molar-refractivity contribution in [3.05, 3.63) is 47.8 Å². The third kappa shape index (κ3) is 3.15. The van der Waals surface area contributed by atoms with Crippen LogP contribution in [0, 0.1) is 11.6 Å². The molecular formula is C11H11F2N3O2S. The summed E-state index contributed by atoms with van der Waals surface area (Å²) in [5.74, 6) is -1.90. The summed E-state index contributed by atoms with van der Waals surface area (Å²) >= 11 is 0. The lowest BCUT2D eigenvalue weighted by molar-refractivity contribution is 0.553. The summed E-state index contributed by atoms with van der Waals surface area (Å²) in [4.78, 5) is -0.458. The first kappa shape index (κ1) is 13.6. The summed E-state index contributed by atoms with van der Waals surface area (Å²) in [5, 5.41) is 6.24. The van der Waals surface area contributed by atoms with Crippen molar-refractivity contribution in [1.29, 1.82) is 0 Å². The number of aromatic nitrogens is 2.